The van der Waals surface area contributed by atoms with E-state index in [9.17, 15) is 0 Å². The van der Waals surface area contributed by atoms with Crippen molar-refractivity contribution in [2.75, 3.05) is 19.0 Å². The Morgan fingerprint density at radius 1 is 1.53 bits per heavy atom. The zero-order valence-electron chi connectivity index (χ0n) is 9.23. The van der Waals surface area contributed by atoms with Crippen molar-refractivity contribution in [1.82, 2.24) is 9.97 Å². The first-order valence-electron chi connectivity index (χ1n) is 5.37. The summed E-state index contributed by atoms with van der Waals surface area (Å²) in [6.07, 6.45) is 4.17. The van der Waals surface area contributed by atoms with E-state index in [1.54, 1.807) is 13.4 Å². The first-order valence-corrected chi connectivity index (χ1v) is 5.37. The molecule has 82 valence electrons. The van der Waals surface area contributed by atoms with Crippen molar-refractivity contribution < 1.29 is 4.74 Å². The van der Waals surface area contributed by atoms with Gasteiger partial charge in [0.15, 0.2) is 0 Å². The minimum absolute atomic E-state index is 0.275. The monoisotopic (exact) mass is 207 g/mol. The molecule has 0 amide bonds. The number of aromatic nitrogens is 2. The maximum absolute atomic E-state index is 5.06. The first-order chi connectivity index (χ1) is 7.29. The Balaban J connectivity index is 1.98. The Bertz CT molecular complexity index is 325. The molecule has 1 saturated carbocycles. The predicted molar refractivity (Wildman–Crippen MR) is 59.0 cm³/mol. The molecule has 1 aromatic heterocycles. The van der Waals surface area contributed by atoms with E-state index in [1.807, 2.05) is 6.07 Å². The van der Waals surface area contributed by atoms with Gasteiger partial charge >= 0.3 is 0 Å². The van der Waals surface area contributed by atoms with Gasteiger partial charge in [0.25, 0.3) is 0 Å². The van der Waals surface area contributed by atoms with E-state index in [4.69, 9.17) is 4.74 Å². The van der Waals surface area contributed by atoms with Crippen LogP contribution in [0.5, 0.6) is 0 Å². The molecular formula is C11H17N3O. The molecule has 1 fully saturated rings. The van der Waals surface area contributed by atoms with Gasteiger partial charge in [-0.05, 0) is 19.8 Å². The van der Waals surface area contributed by atoms with Gasteiger partial charge in [-0.15, -0.1) is 0 Å². The fourth-order valence-corrected chi connectivity index (χ4v) is 1.60. The second kappa shape index (κ2) is 4.57. The zero-order valence-corrected chi connectivity index (χ0v) is 9.23. The Kier molecular flexibility index (Phi) is 3.16. The third-order valence-corrected chi connectivity index (χ3v) is 2.49. The van der Waals surface area contributed by atoms with Gasteiger partial charge in [-0.25, -0.2) is 9.97 Å². The highest BCUT2D eigenvalue weighted by Gasteiger charge is 2.25. The molecule has 1 N–H and O–H groups in total. The van der Waals surface area contributed by atoms with Crippen molar-refractivity contribution in [2.24, 2.45) is 0 Å². The van der Waals surface area contributed by atoms with Gasteiger partial charge in [-0.2, -0.15) is 0 Å². The number of methoxy groups -OCH3 is 1. The molecule has 1 aliphatic rings. The van der Waals surface area contributed by atoms with Gasteiger partial charge < -0.3 is 10.1 Å². The summed E-state index contributed by atoms with van der Waals surface area (Å²) in [7, 11) is 1.70. The molecule has 2 rings (SSSR count). The maximum Gasteiger partial charge on any atom is 0.129 e. The van der Waals surface area contributed by atoms with Crippen molar-refractivity contribution in [1.29, 1.82) is 0 Å². The number of hydrogen-bond donors (Lipinski definition) is 1. The minimum Gasteiger partial charge on any atom is -0.383 e. The molecule has 1 heterocycles. The molecule has 0 saturated heterocycles. The van der Waals surface area contributed by atoms with Crippen molar-refractivity contribution in [3.05, 3.63) is 18.1 Å². The quantitative estimate of drug-likeness (QED) is 0.799. The smallest absolute Gasteiger partial charge is 0.129 e. The summed E-state index contributed by atoms with van der Waals surface area (Å²) in [5.74, 6) is 1.57. The summed E-state index contributed by atoms with van der Waals surface area (Å²) in [5, 5.41) is 3.29. The van der Waals surface area contributed by atoms with Crippen LogP contribution in [0, 0.1) is 0 Å². The van der Waals surface area contributed by atoms with Crippen molar-refractivity contribution in [3.63, 3.8) is 0 Å². The highest BCUT2D eigenvalue weighted by atomic mass is 16.5. The third kappa shape index (κ3) is 2.89. The van der Waals surface area contributed by atoms with Crippen LogP contribution < -0.4 is 5.32 Å². The lowest BCUT2D eigenvalue weighted by Gasteiger charge is -2.13. The van der Waals surface area contributed by atoms with E-state index in [-0.39, 0.29) is 6.04 Å². The molecule has 0 spiro atoms. The molecule has 1 atom stereocenters. The zero-order chi connectivity index (χ0) is 10.7. The standard InChI is InChI=1S/C11H17N3O/c1-8(6-15-2)14-11-5-10(9-3-4-9)12-7-13-11/h5,7-9H,3-4,6H2,1-2H3,(H,12,13,14)/t8-/m0/s1. The fraction of sp³-hybridized carbons (Fsp3) is 0.636. The second-order valence-electron chi connectivity index (χ2n) is 4.10. The second-order valence-corrected chi connectivity index (χ2v) is 4.10. The van der Waals surface area contributed by atoms with Crippen LogP contribution in [0.25, 0.3) is 0 Å². The van der Waals surface area contributed by atoms with Crippen molar-refractivity contribution in [2.45, 2.75) is 31.7 Å². The molecule has 0 aromatic carbocycles. The molecule has 0 radical (unpaired) electrons. The summed E-state index contributed by atoms with van der Waals surface area (Å²) in [6.45, 7) is 2.76. The van der Waals surface area contributed by atoms with Crippen LogP contribution >= 0.6 is 0 Å². The topological polar surface area (TPSA) is 47.0 Å². The van der Waals surface area contributed by atoms with Crippen LogP contribution in [0.1, 0.15) is 31.4 Å². The lowest BCUT2D eigenvalue weighted by Crippen LogP contribution is -2.21. The molecule has 0 bridgehead atoms. The Morgan fingerprint density at radius 2 is 2.33 bits per heavy atom. The lowest BCUT2D eigenvalue weighted by atomic mass is 10.2. The largest absolute Gasteiger partial charge is 0.383 e. The van der Waals surface area contributed by atoms with E-state index >= 15 is 0 Å². The molecule has 4 heteroatoms. The minimum atomic E-state index is 0.275. The van der Waals surface area contributed by atoms with Gasteiger partial charge in [-0.3, -0.25) is 0 Å². The highest BCUT2D eigenvalue weighted by molar-refractivity contribution is 5.37. The maximum atomic E-state index is 5.06. The summed E-state index contributed by atoms with van der Waals surface area (Å²) in [5.41, 5.74) is 1.16. The van der Waals surface area contributed by atoms with E-state index in [0.717, 1.165) is 11.5 Å². The van der Waals surface area contributed by atoms with Crippen molar-refractivity contribution in [3.8, 4) is 0 Å². The normalized spacial score (nSPS) is 17.5. The van der Waals surface area contributed by atoms with Crippen LogP contribution in [0.15, 0.2) is 12.4 Å². The molecule has 4 nitrogen and oxygen atoms in total. The Morgan fingerprint density at radius 3 is 3.00 bits per heavy atom. The summed E-state index contributed by atoms with van der Waals surface area (Å²) in [6, 6.07) is 2.32. The average molecular weight is 207 g/mol. The SMILES string of the molecule is COC[C@H](C)Nc1cc(C2CC2)ncn1. The number of nitrogens with zero attached hydrogens (tertiary/aromatic N) is 2. The molecule has 0 aliphatic heterocycles. The highest BCUT2D eigenvalue weighted by Crippen LogP contribution is 2.39. The number of rotatable bonds is 5. The molecule has 1 aromatic rings. The van der Waals surface area contributed by atoms with Gasteiger partial charge in [-0.1, -0.05) is 0 Å². The average Bonchev–Trinajstić information content (AvgIpc) is 3.01. The summed E-state index contributed by atoms with van der Waals surface area (Å²) >= 11 is 0. The summed E-state index contributed by atoms with van der Waals surface area (Å²) in [4.78, 5) is 8.47. The van der Waals surface area contributed by atoms with Gasteiger partial charge in [0.2, 0.25) is 0 Å². The van der Waals surface area contributed by atoms with Gasteiger partial charge in [0.05, 0.1) is 6.61 Å². The molecule has 15 heavy (non-hydrogen) atoms. The van der Waals surface area contributed by atoms with Crippen LogP contribution in [-0.2, 0) is 4.74 Å². The van der Waals surface area contributed by atoms with Gasteiger partial charge in [0, 0.05) is 30.8 Å². The van der Waals surface area contributed by atoms with Gasteiger partial charge in [0.1, 0.15) is 12.1 Å². The molecule has 1 aliphatic carbocycles. The number of anilines is 1. The number of nitrogens with one attached hydrogen (secondary N) is 1. The molecule has 0 unspecified atom stereocenters. The van der Waals surface area contributed by atoms with Crippen LogP contribution in [0.2, 0.25) is 0 Å². The summed E-state index contributed by atoms with van der Waals surface area (Å²) < 4.78 is 5.06. The van der Waals surface area contributed by atoms with Crippen molar-refractivity contribution >= 4 is 5.82 Å². The Labute approximate surface area is 90.1 Å². The third-order valence-electron chi connectivity index (χ3n) is 2.49. The number of ether oxygens (including phenoxy) is 1. The predicted octanol–water partition coefficient (Wildman–Crippen LogP) is 1.80. The van der Waals surface area contributed by atoms with Crippen LogP contribution in [-0.4, -0.2) is 29.7 Å². The number of hydrogen-bond acceptors (Lipinski definition) is 4. The fourth-order valence-electron chi connectivity index (χ4n) is 1.60. The van der Waals surface area contributed by atoms with Crippen LogP contribution in [0.4, 0.5) is 5.82 Å². The first kappa shape index (κ1) is 10.4. The van der Waals surface area contributed by atoms with E-state index in [2.05, 4.69) is 22.2 Å². The lowest BCUT2D eigenvalue weighted by molar-refractivity contribution is 0.190. The van der Waals surface area contributed by atoms with E-state index in [0.29, 0.717) is 12.5 Å². The van der Waals surface area contributed by atoms with E-state index in [1.165, 1.54) is 12.8 Å². The molecular weight excluding hydrogens is 190 g/mol. The Hall–Kier alpha value is -1.16. The van der Waals surface area contributed by atoms with Crippen LogP contribution in [0.3, 0.4) is 0 Å². The van der Waals surface area contributed by atoms with E-state index < -0.39 is 0 Å².